The second-order valence-corrected chi connectivity index (χ2v) is 11.8. The summed E-state index contributed by atoms with van der Waals surface area (Å²) in [5.74, 6) is -1.56. The molecule has 5 rings (SSSR count). The van der Waals surface area contributed by atoms with Gasteiger partial charge in [0.15, 0.2) is 5.75 Å². The third-order valence-corrected chi connectivity index (χ3v) is 8.40. The number of fused-ring (bicyclic) bond motifs is 1. The van der Waals surface area contributed by atoms with Gasteiger partial charge in [-0.05, 0) is 74.2 Å². The van der Waals surface area contributed by atoms with Gasteiger partial charge < -0.3 is 14.1 Å². The van der Waals surface area contributed by atoms with Crippen molar-refractivity contribution in [2.75, 3.05) is 7.11 Å². The normalized spacial score (nSPS) is 11.7. The first kappa shape index (κ1) is 32.9. The molecule has 0 saturated carbocycles. The molecule has 2 heterocycles. The average molecular weight is 640 g/mol. The zero-order chi connectivity index (χ0) is 34.1. The van der Waals surface area contributed by atoms with E-state index in [1.165, 1.54) is 18.1 Å². The first-order valence-electron chi connectivity index (χ1n) is 14.8. The molecule has 240 valence electrons. The first-order chi connectivity index (χ1) is 22.2. The van der Waals surface area contributed by atoms with Gasteiger partial charge in [-0.15, -0.1) is 0 Å². The summed E-state index contributed by atoms with van der Waals surface area (Å²) in [5, 5.41) is 10.7. The zero-order valence-corrected chi connectivity index (χ0v) is 26.5. The Balaban J connectivity index is 1.58. The molecule has 0 aliphatic heterocycles. The van der Waals surface area contributed by atoms with Crippen LogP contribution in [0.5, 0.6) is 5.75 Å². The van der Waals surface area contributed by atoms with E-state index >= 15 is 0 Å². The molecule has 0 bridgehead atoms. The number of halogens is 3. The van der Waals surface area contributed by atoms with Crippen molar-refractivity contribution in [1.29, 1.82) is 5.26 Å². The minimum atomic E-state index is -4.70. The lowest BCUT2D eigenvalue weighted by Crippen LogP contribution is -2.31. The number of methoxy groups -OCH3 is 1. The third-order valence-electron chi connectivity index (χ3n) is 8.40. The summed E-state index contributed by atoms with van der Waals surface area (Å²) in [4.78, 5) is 32.6. The molecule has 0 atom stereocenters. The lowest BCUT2D eigenvalue weighted by Gasteiger charge is -2.25. The van der Waals surface area contributed by atoms with Crippen molar-refractivity contribution in [2.45, 2.75) is 52.4 Å². The Kier molecular flexibility index (Phi) is 8.94. The lowest BCUT2D eigenvalue weighted by molar-refractivity contribution is -0.153. The number of nitriles is 1. The molecule has 0 spiro atoms. The van der Waals surface area contributed by atoms with Gasteiger partial charge >= 0.3 is 6.18 Å². The number of benzene rings is 3. The van der Waals surface area contributed by atoms with Crippen LogP contribution in [0.1, 0.15) is 65.0 Å². The Bertz CT molecular complexity index is 2040. The molecule has 2 aromatic heterocycles. The van der Waals surface area contributed by atoms with Crippen LogP contribution in [0.15, 0.2) is 83.3 Å². The van der Waals surface area contributed by atoms with Crippen LogP contribution in [0.2, 0.25) is 0 Å². The predicted octanol–water partition coefficient (Wildman–Crippen LogP) is 8.41. The molecule has 0 aliphatic rings. The van der Waals surface area contributed by atoms with E-state index in [4.69, 9.17) is 9.15 Å². The molecule has 3 aromatic carbocycles. The molecule has 1 amide bonds. The maximum atomic E-state index is 14.4. The maximum absolute atomic E-state index is 14.4. The van der Waals surface area contributed by atoms with E-state index in [0.29, 0.717) is 22.2 Å². The van der Waals surface area contributed by atoms with Gasteiger partial charge in [-0.3, -0.25) is 9.59 Å². The maximum Gasteiger partial charge on any atom is 0.449 e. The van der Waals surface area contributed by atoms with E-state index in [-0.39, 0.29) is 41.5 Å². The topological polar surface area (TPSA) is 96.4 Å². The van der Waals surface area contributed by atoms with Crippen LogP contribution in [-0.2, 0) is 29.5 Å². The van der Waals surface area contributed by atoms with E-state index in [0.717, 1.165) is 22.8 Å². The van der Waals surface area contributed by atoms with Crippen LogP contribution in [0.4, 0.5) is 13.2 Å². The minimum Gasteiger partial charge on any atom is -0.494 e. The number of ether oxygens (including phenoxy) is 1. The van der Waals surface area contributed by atoms with Crippen molar-refractivity contribution in [3.8, 4) is 22.9 Å². The second kappa shape index (κ2) is 12.8. The van der Waals surface area contributed by atoms with Crippen LogP contribution < -0.4 is 4.74 Å². The Morgan fingerprint density at radius 2 is 1.68 bits per heavy atom. The fourth-order valence-corrected chi connectivity index (χ4v) is 5.43. The molecule has 0 aliphatic carbocycles. The summed E-state index contributed by atoms with van der Waals surface area (Å²) >= 11 is 0. The number of aromatic nitrogens is 1. The van der Waals surface area contributed by atoms with Gasteiger partial charge in [0.2, 0.25) is 5.76 Å². The lowest BCUT2D eigenvalue weighted by atomic mass is 9.80. The highest BCUT2D eigenvalue weighted by molar-refractivity contribution is 6.08. The highest BCUT2D eigenvalue weighted by atomic mass is 19.4. The number of hydrogen-bond acceptors (Lipinski definition) is 6. The van der Waals surface area contributed by atoms with Crippen molar-refractivity contribution in [1.82, 2.24) is 9.88 Å². The van der Waals surface area contributed by atoms with Gasteiger partial charge in [0, 0.05) is 17.3 Å². The third kappa shape index (κ3) is 6.61. The van der Waals surface area contributed by atoms with Gasteiger partial charge in [-0.1, -0.05) is 54.6 Å². The van der Waals surface area contributed by atoms with Crippen molar-refractivity contribution < 1.29 is 31.9 Å². The number of pyridine rings is 1. The molecule has 47 heavy (non-hydrogen) atoms. The average Bonchev–Trinajstić information content (AvgIpc) is 3.53. The van der Waals surface area contributed by atoms with Crippen molar-refractivity contribution >= 4 is 22.6 Å². The van der Waals surface area contributed by atoms with Crippen LogP contribution in [0.3, 0.4) is 0 Å². The van der Waals surface area contributed by atoms with E-state index in [9.17, 15) is 28.0 Å². The number of rotatable bonds is 9. The number of nitrogens with zero attached hydrogens (tertiary/aromatic N) is 3. The second-order valence-electron chi connectivity index (χ2n) is 11.8. The molecule has 7 nitrogen and oxygen atoms in total. The summed E-state index contributed by atoms with van der Waals surface area (Å²) < 4.78 is 50.9. The Hall–Kier alpha value is -5.43. The predicted molar refractivity (Wildman–Crippen MR) is 171 cm³/mol. The quantitative estimate of drug-likeness (QED) is 0.161. The smallest absolute Gasteiger partial charge is 0.449 e. The standard InChI is InChI=1S/C37H32F3N3O4/c1-22-34(46-5)33(30-11-6-7-12-31(30)42-22)35(45)43(21-29-15-16-32(47-29)37(38,39)40)20-26-14-13-25(17-27(26)19-41)24-9-8-10-28(18-24)36(3,4)23(2)44/h6-18H,20-21H2,1-5H3. The number of hydrogen-bond donors (Lipinski definition) is 0. The summed E-state index contributed by atoms with van der Waals surface area (Å²) in [6.07, 6.45) is -4.70. The number of aryl methyl sites for hydroxylation is 1. The summed E-state index contributed by atoms with van der Waals surface area (Å²) in [5.41, 5.74) is 3.59. The fourth-order valence-electron chi connectivity index (χ4n) is 5.43. The molecule has 0 fully saturated rings. The monoisotopic (exact) mass is 639 g/mol. The molecular formula is C37H32F3N3O4. The first-order valence-corrected chi connectivity index (χ1v) is 14.8. The van der Waals surface area contributed by atoms with Gasteiger partial charge in [0.05, 0.1) is 42.1 Å². The number of carbonyl (C=O) groups is 2. The van der Waals surface area contributed by atoms with Gasteiger partial charge in [-0.2, -0.15) is 18.4 Å². The minimum absolute atomic E-state index is 0.0141. The molecule has 10 heteroatoms. The molecule has 0 unspecified atom stereocenters. The fraction of sp³-hybridized carbons (Fsp3) is 0.243. The van der Waals surface area contributed by atoms with E-state index in [2.05, 4.69) is 11.1 Å². The van der Waals surface area contributed by atoms with E-state index in [1.54, 1.807) is 56.3 Å². The highest BCUT2D eigenvalue weighted by Crippen LogP contribution is 2.35. The van der Waals surface area contributed by atoms with Crippen LogP contribution >= 0.6 is 0 Å². The Labute approximate surface area is 270 Å². The largest absolute Gasteiger partial charge is 0.494 e. The van der Waals surface area contributed by atoms with E-state index < -0.39 is 23.3 Å². The van der Waals surface area contributed by atoms with Crippen LogP contribution in [-0.4, -0.2) is 28.7 Å². The highest BCUT2D eigenvalue weighted by Gasteiger charge is 2.35. The number of ketones is 1. The molecule has 0 N–H and O–H groups in total. The van der Waals surface area contributed by atoms with Gasteiger partial charge in [-0.25, -0.2) is 4.98 Å². The van der Waals surface area contributed by atoms with Gasteiger partial charge in [0.25, 0.3) is 5.91 Å². The SMILES string of the molecule is COc1c(C)nc2ccccc2c1C(=O)N(Cc1ccc(C(F)(F)F)o1)Cc1ccc(-c2cccc(C(C)(C)C(C)=O)c2)cc1C#N. The summed E-state index contributed by atoms with van der Waals surface area (Å²) in [6, 6.07) is 23.9. The van der Waals surface area contributed by atoms with Crippen molar-refractivity contribution in [2.24, 2.45) is 0 Å². The summed E-state index contributed by atoms with van der Waals surface area (Å²) in [7, 11) is 1.42. The number of carbonyl (C=O) groups excluding carboxylic acids is 2. The van der Waals surface area contributed by atoms with E-state index in [1.807, 2.05) is 38.1 Å². The van der Waals surface area contributed by atoms with Crippen LogP contribution in [0, 0.1) is 18.3 Å². The molecule has 0 radical (unpaired) electrons. The molecule has 0 saturated heterocycles. The number of furan rings is 1. The Morgan fingerprint density at radius 1 is 0.957 bits per heavy atom. The number of para-hydroxylation sites is 1. The Morgan fingerprint density at radius 3 is 2.34 bits per heavy atom. The zero-order valence-electron chi connectivity index (χ0n) is 26.5. The van der Waals surface area contributed by atoms with Crippen molar-refractivity contribution in [3.63, 3.8) is 0 Å². The van der Waals surface area contributed by atoms with Crippen molar-refractivity contribution in [3.05, 3.63) is 118 Å². The van der Waals surface area contributed by atoms with Gasteiger partial charge in [0.1, 0.15) is 11.5 Å². The number of alkyl halides is 3. The number of amides is 1. The molecule has 5 aromatic rings. The number of Topliss-reactive ketones (excluding diaryl/α,β-unsaturated/α-hetero) is 1. The van der Waals surface area contributed by atoms with Crippen LogP contribution in [0.25, 0.3) is 22.0 Å². The molecular weight excluding hydrogens is 607 g/mol. The summed E-state index contributed by atoms with van der Waals surface area (Å²) in [6.45, 7) is 6.50.